The van der Waals surface area contributed by atoms with E-state index in [4.69, 9.17) is 4.74 Å². The highest BCUT2D eigenvalue weighted by Crippen LogP contribution is 2.36. The van der Waals surface area contributed by atoms with Crippen molar-refractivity contribution in [3.63, 3.8) is 0 Å². The fraction of sp³-hybridized carbons (Fsp3) is 0.250. The maximum atomic E-state index is 12.8. The number of hydrogen-bond acceptors (Lipinski definition) is 5. The maximum Gasteiger partial charge on any atom is 0.387 e. The number of anilines is 2. The second kappa shape index (κ2) is 7.86. The van der Waals surface area contributed by atoms with Crippen LogP contribution in [0.3, 0.4) is 0 Å². The van der Waals surface area contributed by atoms with Crippen LogP contribution in [-0.2, 0) is 14.3 Å². The van der Waals surface area contributed by atoms with E-state index in [-0.39, 0.29) is 17.2 Å². The Kier molecular flexibility index (Phi) is 5.49. The van der Waals surface area contributed by atoms with Gasteiger partial charge in [-0.3, -0.25) is 14.5 Å². The zero-order chi connectivity index (χ0) is 21.2. The van der Waals surface area contributed by atoms with Gasteiger partial charge in [-0.1, -0.05) is 18.2 Å². The number of benzene rings is 2. The maximum absolute atomic E-state index is 12.8. The highest BCUT2D eigenvalue weighted by molar-refractivity contribution is 6.14. The predicted molar refractivity (Wildman–Crippen MR) is 100.0 cm³/mol. The van der Waals surface area contributed by atoms with Crippen molar-refractivity contribution in [1.82, 2.24) is 0 Å². The third kappa shape index (κ3) is 4.18. The van der Waals surface area contributed by atoms with E-state index < -0.39 is 30.6 Å². The fourth-order valence-electron chi connectivity index (χ4n) is 2.97. The second-order valence-electron chi connectivity index (χ2n) is 6.74. The lowest BCUT2D eigenvalue weighted by Crippen LogP contribution is -2.59. The summed E-state index contributed by atoms with van der Waals surface area (Å²) in [5.41, 5.74) is -0.311. The number of rotatable bonds is 5. The molecule has 1 aliphatic heterocycles. The Labute approximate surface area is 165 Å². The van der Waals surface area contributed by atoms with Crippen molar-refractivity contribution in [3.8, 4) is 5.75 Å². The number of hydrogen-bond donors (Lipinski definition) is 1. The van der Waals surface area contributed by atoms with Gasteiger partial charge in [0.25, 0.3) is 5.91 Å². The number of carbonyl (C=O) groups excluding carboxylic acids is 3. The van der Waals surface area contributed by atoms with Crippen LogP contribution in [0.1, 0.15) is 24.2 Å². The summed E-state index contributed by atoms with van der Waals surface area (Å²) < 4.78 is 33.9. The number of ether oxygens (including phenoxy) is 2. The third-order valence-electron chi connectivity index (χ3n) is 4.38. The van der Waals surface area contributed by atoms with Crippen molar-refractivity contribution in [2.24, 2.45) is 0 Å². The lowest BCUT2D eigenvalue weighted by molar-refractivity contribution is -0.128. The Hall–Kier alpha value is -3.49. The van der Waals surface area contributed by atoms with Gasteiger partial charge in [-0.2, -0.15) is 8.78 Å². The Morgan fingerprint density at radius 2 is 1.86 bits per heavy atom. The molecule has 3 rings (SSSR count). The molecule has 0 radical (unpaired) electrons. The van der Waals surface area contributed by atoms with E-state index in [1.54, 1.807) is 38.1 Å². The summed E-state index contributed by atoms with van der Waals surface area (Å²) in [6.07, 6.45) is 0. The molecule has 29 heavy (non-hydrogen) atoms. The van der Waals surface area contributed by atoms with Crippen LogP contribution >= 0.6 is 0 Å². The molecule has 1 heterocycles. The van der Waals surface area contributed by atoms with Crippen LogP contribution in [0.5, 0.6) is 5.75 Å². The minimum atomic E-state index is -3.03. The quantitative estimate of drug-likeness (QED) is 0.774. The third-order valence-corrected chi connectivity index (χ3v) is 4.38. The molecule has 0 bridgehead atoms. The first-order valence-electron chi connectivity index (χ1n) is 8.65. The molecule has 1 N–H and O–H groups in total. The molecule has 7 nitrogen and oxygen atoms in total. The number of nitrogens with one attached hydrogen (secondary N) is 1. The Balaban J connectivity index is 1.75. The SMILES string of the molecule is CC1(C)C(=O)Nc2ccccc2N1C(=O)COC(=O)c1cccc(OC(F)F)c1. The molecule has 0 atom stereocenters. The molecule has 0 aliphatic carbocycles. The molecule has 0 aromatic heterocycles. The average Bonchev–Trinajstić information content (AvgIpc) is 2.66. The van der Waals surface area contributed by atoms with Gasteiger partial charge in [-0.25, -0.2) is 4.79 Å². The first-order valence-corrected chi connectivity index (χ1v) is 8.65. The molecule has 1 aliphatic rings. The van der Waals surface area contributed by atoms with Crippen molar-refractivity contribution < 1.29 is 32.6 Å². The van der Waals surface area contributed by atoms with Gasteiger partial charge in [0.2, 0.25) is 5.91 Å². The van der Waals surface area contributed by atoms with Crippen molar-refractivity contribution in [2.75, 3.05) is 16.8 Å². The average molecular weight is 404 g/mol. The molecule has 0 unspecified atom stereocenters. The molecular formula is C20H18F2N2O5. The molecule has 9 heteroatoms. The molecule has 2 aromatic rings. The van der Waals surface area contributed by atoms with E-state index in [1.807, 2.05) is 0 Å². The summed E-state index contributed by atoms with van der Waals surface area (Å²) in [6.45, 7) is -0.522. The van der Waals surface area contributed by atoms with E-state index in [2.05, 4.69) is 10.1 Å². The lowest BCUT2D eigenvalue weighted by atomic mass is 9.96. The zero-order valence-electron chi connectivity index (χ0n) is 15.6. The Morgan fingerprint density at radius 3 is 2.59 bits per heavy atom. The number of alkyl halides is 2. The van der Waals surface area contributed by atoms with Gasteiger partial charge >= 0.3 is 12.6 Å². The number of carbonyl (C=O) groups is 3. The molecule has 0 spiro atoms. The number of para-hydroxylation sites is 2. The van der Waals surface area contributed by atoms with Crippen LogP contribution in [0.25, 0.3) is 0 Å². The van der Waals surface area contributed by atoms with Crippen molar-refractivity contribution in [2.45, 2.75) is 26.0 Å². The fourth-order valence-corrected chi connectivity index (χ4v) is 2.97. The molecule has 2 amide bonds. The summed E-state index contributed by atoms with van der Waals surface area (Å²) in [5, 5.41) is 2.73. The molecular weight excluding hydrogens is 386 g/mol. The standard InChI is InChI=1S/C20H18F2N2O5/c1-20(2)18(27)23-14-8-3-4-9-15(14)24(20)16(25)11-28-17(26)12-6-5-7-13(10-12)29-19(21)22/h3-10,19H,11H2,1-2H3,(H,23,27). The van der Waals surface area contributed by atoms with Gasteiger partial charge in [0.05, 0.1) is 16.9 Å². The van der Waals surface area contributed by atoms with E-state index >= 15 is 0 Å². The molecule has 0 saturated heterocycles. The van der Waals surface area contributed by atoms with E-state index in [0.29, 0.717) is 11.4 Å². The predicted octanol–water partition coefficient (Wildman–Crippen LogP) is 3.21. The highest BCUT2D eigenvalue weighted by atomic mass is 19.3. The van der Waals surface area contributed by atoms with Crippen LogP contribution in [0.4, 0.5) is 20.2 Å². The Bertz CT molecular complexity index is 961. The van der Waals surface area contributed by atoms with Crippen LogP contribution in [0.15, 0.2) is 48.5 Å². The monoisotopic (exact) mass is 404 g/mol. The van der Waals surface area contributed by atoms with Crippen LogP contribution in [0.2, 0.25) is 0 Å². The molecule has 0 saturated carbocycles. The number of amides is 2. The number of esters is 1. The Morgan fingerprint density at radius 1 is 1.14 bits per heavy atom. The van der Waals surface area contributed by atoms with Gasteiger partial charge < -0.3 is 14.8 Å². The van der Waals surface area contributed by atoms with Gasteiger partial charge in [0.1, 0.15) is 11.3 Å². The number of halogens is 2. The molecule has 2 aromatic carbocycles. The lowest BCUT2D eigenvalue weighted by Gasteiger charge is -2.41. The van der Waals surface area contributed by atoms with Crippen molar-refractivity contribution >= 4 is 29.2 Å². The van der Waals surface area contributed by atoms with Crippen LogP contribution in [-0.4, -0.2) is 36.5 Å². The van der Waals surface area contributed by atoms with Crippen LogP contribution in [0, 0.1) is 0 Å². The van der Waals surface area contributed by atoms with Crippen molar-refractivity contribution in [3.05, 3.63) is 54.1 Å². The molecule has 0 fully saturated rings. The summed E-state index contributed by atoms with van der Waals surface area (Å²) in [4.78, 5) is 38.7. The summed E-state index contributed by atoms with van der Waals surface area (Å²) in [7, 11) is 0. The summed E-state index contributed by atoms with van der Waals surface area (Å²) in [5.74, 6) is -2.08. The van der Waals surface area contributed by atoms with Gasteiger partial charge in [0, 0.05) is 0 Å². The first-order chi connectivity index (χ1) is 13.7. The van der Waals surface area contributed by atoms with E-state index in [9.17, 15) is 23.2 Å². The second-order valence-corrected chi connectivity index (χ2v) is 6.74. The first kappa shape index (κ1) is 20.2. The normalized spacial score (nSPS) is 14.8. The smallest absolute Gasteiger partial charge is 0.387 e. The number of nitrogens with zero attached hydrogens (tertiary/aromatic N) is 1. The summed E-state index contributed by atoms with van der Waals surface area (Å²) in [6, 6.07) is 11.8. The zero-order valence-corrected chi connectivity index (χ0v) is 15.6. The minimum absolute atomic E-state index is 0.0491. The van der Waals surface area contributed by atoms with E-state index in [1.165, 1.54) is 23.1 Å². The minimum Gasteiger partial charge on any atom is -0.452 e. The van der Waals surface area contributed by atoms with Crippen LogP contribution < -0.4 is 15.0 Å². The van der Waals surface area contributed by atoms with E-state index in [0.717, 1.165) is 6.07 Å². The summed E-state index contributed by atoms with van der Waals surface area (Å²) >= 11 is 0. The highest BCUT2D eigenvalue weighted by Gasteiger charge is 2.43. The van der Waals surface area contributed by atoms with Gasteiger partial charge in [0.15, 0.2) is 6.61 Å². The number of fused-ring (bicyclic) bond motifs is 1. The molecule has 152 valence electrons. The van der Waals surface area contributed by atoms with Gasteiger partial charge in [-0.05, 0) is 44.2 Å². The topological polar surface area (TPSA) is 84.9 Å². The largest absolute Gasteiger partial charge is 0.452 e. The van der Waals surface area contributed by atoms with Crippen molar-refractivity contribution in [1.29, 1.82) is 0 Å². The van der Waals surface area contributed by atoms with Gasteiger partial charge in [-0.15, -0.1) is 0 Å².